The molecule has 2 amide bonds. The summed E-state index contributed by atoms with van der Waals surface area (Å²) in [7, 11) is 2.96. The van der Waals surface area contributed by atoms with Crippen LogP contribution < -0.4 is 14.8 Å². The summed E-state index contributed by atoms with van der Waals surface area (Å²) in [5.74, 6) is -2.60. The SMILES string of the molecule is C=CCOC(=O)C[C@H](NC(=O)OCC1c2ccccc2-c2ccccc21)C(=O)N(Cc1ccc(OC)cc1OC)[C@@H](CSC(c1ccccc1)(c1ccccc1)c1ccccc1)C(=O)O. The third kappa shape index (κ3) is 10.2. The van der Waals surface area contributed by atoms with E-state index in [-0.39, 0.29) is 31.4 Å². The molecule has 0 bridgehead atoms. The van der Waals surface area contributed by atoms with Gasteiger partial charge in [0.05, 0.1) is 31.9 Å². The highest BCUT2D eigenvalue weighted by Gasteiger charge is 2.42. The lowest BCUT2D eigenvalue weighted by Gasteiger charge is -2.38. The Kier molecular flexibility index (Phi) is 15.0. The van der Waals surface area contributed by atoms with Crippen LogP contribution in [0.1, 0.15) is 45.7 Å². The molecule has 65 heavy (non-hydrogen) atoms. The van der Waals surface area contributed by atoms with Gasteiger partial charge in [-0.15, -0.1) is 11.8 Å². The molecule has 0 spiro atoms. The predicted molar refractivity (Wildman–Crippen MR) is 251 cm³/mol. The number of carboxylic acid groups (broad SMARTS) is 1. The van der Waals surface area contributed by atoms with Crippen molar-refractivity contribution in [2.75, 3.05) is 33.2 Å². The Labute approximate surface area is 383 Å². The second-order valence-electron chi connectivity index (χ2n) is 15.3. The van der Waals surface area contributed by atoms with Crippen molar-refractivity contribution in [2.45, 2.75) is 35.7 Å². The van der Waals surface area contributed by atoms with Crippen LogP contribution in [0.4, 0.5) is 4.79 Å². The smallest absolute Gasteiger partial charge is 0.407 e. The van der Waals surface area contributed by atoms with E-state index in [0.29, 0.717) is 17.1 Å². The Morgan fingerprint density at radius 2 is 1.28 bits per heavy atom. The molecule has 0 aromatic heterocycles. The van der Waals surface area contributed by atoms with Crippen molar-refractivity contribution in [2.24, 2.45) is 0 Å². The second kappa shape index (κ2) is 21.4. The normalized spacial score (nSPS) is 12.7. The topological polar surface area (TPSA) is 141 Å². The summed E-state index contributed by atoms with van der Waals surface area (Å²) < 4.78 is 21.4. The number of nitrogens with zero attached hydrogens (tertiary/aromatic N) is 1. The van der Waals surface area contributed by atoms with Gasteiger partial charge in [0.1, 0.15) is 36.8 Å². The Morgan fingerprint density at radius 1 is 0.738 bits per heavy atom. The number of benzene rings is 6. The zero-order valence-corrected chi connectivity index (χ0v) is 36.9. The summed E-state index contributed by atoms with van der Waals surface area (Å²) in [6.45, 7) is 3.11. The summed E-state index contributed by atoms with van der Waals surface area (Å²) in [5, 5.41) is 13.9. The Hall–Kier alpha value is -7.31. The van der Waals surface area contributed by atoms with Crippen molar-refractivity contribution in [3.05, 3.63) is 204 Å². The molecular formula is C53H50N2O9S. The molecule has 0 aliphatic heterocycles. The fourth-order valence-corrected chi connectivity index (χ4v) is 9.97. The second-order valence-corrected chi connectivity index (χ2v) is 16.5. The van der Waals surface area contributed by atoms with Crippen LogP contribution in [0.25, 0.3) is 11.1 Å². The minimum Gasteiger partial charge on any atom is -0.497 e. The zero-order valence-electron chi connectivity index (χ0n) is 36.1. The first kappa shape index (κ1) is 45.7. The molecule has 6 aromatic carbocycles. The molecule has 0 saturated heterocycles. The van der Waals surface area contributed by atoms with Crippen molar-refractivity contribution in [3.63, 3.8) is 0 Å². The molecule has 12 heteroatoms. The monoisotopic (exact) mass is 890 g/mol. The number of alkyl carbamates (subject to hydrolysis) is 1. The average molecular weight is 891 g/mol. The fraction of sp³-hybridized carbons (Fsp3) is 0.208. The van der Waals surface area contributed by atoms with E-state index in [1.54, 1.807) is 18.2 Å². The highest BCUT2D eigenvalue weighted by molar-refractivity contribution is 8.00. The van der Waals surface area contributed by atoms with E-state index < -0.39 is 47.2 Å². The van der Waals surface area contributed by atoms with Gasteiger partial charge in [-0.2, -0.15) is 0 Å². The number of nitrogens with one attached hydrogen (secondary N) is 1. The van der Waals surface area contributed by atoms with Gasteiger partial charge in [-0.3, -0.25) is 9.59 Å². The van der Waals surface area contributed by atoms with Crippen LogP contribution >= 0.6 is 11.8 Å². The zero-order chi connectivity index (χ0) is 45.8. The standard InChI is InChI=1S/C53H50N2O9S/c1-4-30-63-49(56)32-46(54-52(60)64-34-45-43-26-16-14-24-41(43)42-25-15-17-27-44(42)45)50(57)55(33-36-28-29-40(61-2)31-48(36)62-3)47(51(58)59)35-65-53(37-18-8-5-9-19-37,38-20-10-6-11-21-38)39-22-12-7-13-23-39/h4-29,31,45-47H,1,30,32-35H2,2-3H3,(H,54,60)(H,58,59)/t46-,47-/m0/s1. The van der Waals surface area contributed by atoms with Gasteiger partial charge in [0.15, 0.2) is 0 Å². The largest absolute Gasteiger partial charge is 0.497 e. The van der Waals surface area contributed by atoms with Crippen LogP contribution in [0.3, 0.4) is 0 Å². The van der Waals surface area contributed by atoms with Gasteiger partial charge in [-0.1, -0.05) is 152 Å². The van der Waals surface area contributed by atoms with Gasteiger partial charge in [0.25, 0.3) is 0 Å². The lowest BCUT2D eigenvalue weighted by atomic mass is 9.84. The van der Waals surface area contributed by atoms with Gasteiger partial charge in [-0.05, 0) is 51.1 Å². The van der Waals surface area contributed by atoms with E-state index in [0.717, 1.165) is 38.9 Å². The van der Waals surface area contributed by atoms with Gasteiger partial charge < -0.3 is 34.3 Å². The molecule has 0 radical (unpaired) electrons. The molecule has 2 atom stereocenters. The van der Waals surface area contributed by atoms with Gasteiger partial charge >= 0.3 is 18.0 Å². The molecule has 1 aliphatic carbocycles. The third-order valence-corrected chi connectivity index (χ3v) is 13.1. The number of fused-ring (bicyclic) bond motifs is 3. The minimum atomic E-state index is -1.61. The number of esters is 1. The van der Waals surface area contributed by atoms with Gasteiger partial charge in [0.2, 0.25) is 5.91 Å². The van der Waals surface area contributed by atoms with Crippen molar-refractivity contribution < 1.29 is 43.2 Å². The predicted octanol–water partition coefficient (Wildman–Crippen LogP) is 9.24. The van der Waals surface area contributed by atoms with Crippen LogP contribution in [0, 0.1) is 0 Å². The van der Waals surface area contributed by atoms with Crippen molar-refractivity contribution >= 4 is 35.7 Å². The average Bonchev–Trinajstić information content (AvgIpc) is 3.67. The summed E-state index contributed by atoms with van der Waals surface area (Å²) in [4.78, 5) is 57.5. The highest BCUT2D eigenvalue weighted by Crippen LogP contribution is 2.49. The molecule has 11 nitrogen and oxygen atoms in total. The molecule has 332 valence electrons. The molecule has 0 fully saturated rings. The number of ether oxygens (including phenoxy) is 4. The van der Waals surface area contributed by atoms with E-state index in [1.807, 2.05) is 140 Å². The first-order valence-corrected chi connectivity index (χ1v) is 22.1. The number of hydrogen-bond acceptors (Lipinski definition) is 9. The molecule has 7 rings (SSSR count). The lowest BCUT2D eigenvalue weighted by Crippen LogP contribution is -2.55. The molecule has 0 heterocycles. The number of aliphatic carboxylic acids is 1. The van der Waals surface area contributed by atoms with Crippen LogP contribution in [0.15, 0.2) is 170 Å². The fourth-order valence-electron chi connectivity index (χ4n) is 8.33. The number of methoxy groups -OCH3 is 2. The molecule has 1 aliphatic rings. The number of amides is 2. The molecule has 2 N–H and O–H groups in total. The molecule has 6 aromatic rings. The first-order valence-electron chi connectivity index (χ1n) is 21.1. The van der Waals surface area contributed by atoms with Crippen molar-refractivity contribution in [3.8, 4) is 22.6 Å². The third-order valence-electron chi connectivity index (χ3n) is 11.4. The maximum Gasteiger partial charge on any atom is 0.407 e. The maximum absolute atomic E-state index is 15.3. The van der Waals surface area contributed by atoms with E-state index in [4.69, 9.17) is 18.9 Å². The Balaban J connectivity index is 1.26. The number of hydrogen-bond donors (Lipinski definition) is 2. The number of thioether (sulfide) groups is 1. The number of carboxylic acids is 1. The molecule has 0 unspecified atom stereocenters. The molecule has 0 saturated carbocycles. The van der Waals surface area contributed by atoms with Crippen molar-refractivity contribution in [1.29, 1.82) is 0 Å². The lowest BCUT2D eigenvalue weighted by molar-refractivity contribution is -0.152. The van der Waals surface area contributed by atoms with Crippen LogP contribution in [-0.2, 0) is 35.1 Å². The quantitative estimate of drug-likeness (QED) is 0.0433. The van der Waals surface area contributed by atoms with E-state index >= 15 is 4.79 Å². The van der Waals surface area contributed by atoms with Crippen molar-refractivity contribution in [1.82, 2.24) is 10.2 Å². The van der Waals surface area contributed by atoms with E-state index in [2.05, 4.69) is 11.9 Å². The summed E-state index contributed by atoms with van der Waals surface area (Å²) in [6.07, 6.45) is -0.220. The number of carbonyl (C=O) groups excluding carboxylic acids is 3. The maximum atomic E-state index is 15.3. The van der Waals surface area contributed by atoms with Gasteiger partial charge in [-0.25, -0.2) is 9.59 Å². The highest BCUT2D eigenvalue weighted by atomic mass is 32.2. The Morgan fingerprint density at radius 3 is 1.78 bits per heavy atom. The van der Waals surface area contributed by atoms with E-state index in [9.17, 15) is 19.5 Å². The Bertz CT molecular complexity index is 2470. The summed E-state index contributed by atoms with van der Waals surface area (Å²) in [6, 6.07) is 47.0. The summed E-state index contributed by atoms with van der Waals surface area (Å²) >= 11 is 1.36. The number of carbonyl (C=O) groups is 4. The van der Waals surface area contributed by atoms with E-state index in [1.165, 1.54) is 37.0 Å². The minimum absolute atomic E-state index is 0.0661. The van der Waals surface area contributed by atoms with Crippen LogP contribution in [-0.4, -0.2) is 79.2 Å². The molecular weight excluding hydrogens is 841 g/mol. The van der Waals surface area contributed by atoms with Crippen LogP contribution in [0.5, 0.6) is 11.5 Å². The number of rotatable bonds is 20. The van der Waals surface area contributed by atoms with Crippen LogP contribution in [0.2, 0.25) is 0 Å². The first-order chi connectivity index (χ1) is 31.7. The summed E-state index contributed by atoms with van der Waals surface area (Å²) in [5.41, 5.74) is 7.17. The van der Waals surface area contributed by atoms with Gasteiger partial charge in [0, 0.05) is 23.3 Å².